The highest BCUT2D eigenvalue weighted by Crippen LogP contribution is 2.23. The van der Waals surface area contributed by atoms with E-state index in [-0.39, 0.29) is 5.41 Å². The minimum Gasteiger partial charge on any atom is -0.318 e. The molecule has 0 amide bonds. The maximum absolute atomic E-state index is 5.83. The van der Waals surface area contributed by atoms with Gasteiger partial charge in [0.05, 0.1) is 0 Å². The molecule has 0 aliphatic rings. The lowest BCUT2D eigenvalue weighted by atomic mass is 9.85. The molecule has 2 nitrogen and oxygen atoms in total. The second-order valence-electron chi connectivity index (χ2n) is 4.02. The molecular weight excluding hydrogens is 196 g/mol. The Morgan fingerprint density at radius 3 is 2.36 bits per heavy atom. The molecule has 0 aliphatic carbocycles. The summed E-state index contributed by atoms with van der Waals surface area (Å²) < 4.78 is 0. The summed E-state index contributed by atoms with van der Waals surface area (Å²) >= 11 is 5.83. The molecule has 78 valence electrons. The predicted octanol–water partition coefficient (Wildman–Crippen LogP) is 2.12. The van der Waals surface area contributed by atoms with Gasteiger partial charge in [0, 0.05) is 23.7 Å². The van der Waals surface area contributed by atoms with E-state index in [0.717, 1.165) is 11.6 Å². The fourth-order valence-corrected chi connectivity index (χ4v) is 1.51. The van der Waals surface area contributed by atoms with E-state index < -0.39 is 0 Å². The van der Waals surface area contributed by atoms with Gasteiger partial charge >= 0.3 is 0 Å². The van der Waals surface area contributed by atoms with Crippen LogP contribution in [0.5, 0.6) is 0 Å². The van der Waals surface area contributed by atoms with Crippen LogP contribution in [0.3, 0.4) is 0 Å². The highest BCUT2D eigenvalue weighted by molar-refractivity contribution is 6.30. The molecule has 0 radical (unpaired) electrons. The van der Waals surface area contributed by atoms with Crippen LogP contribution in [0.25, 0.3) is 0 Å². The number of nitrogens with one attached hydrogen (secondary N) is 1. The molecule has 0 heterocycles. The van der Waals surface area contributed by atoms with Crippen molar-refractivity contribution in [1.29, 1.82) is 0 Å². The second kappa shape index (κ2) is 4.78. The lowest BCUT2D eigenvalue weighted by molar-refractivity contribution is 0.474. The average Bonchev–Trinajstić information content (AvgIpc) is 2.16. The third kappa shape index (κ3) is 2.98. The van der Waals surface area contributed by atoms with E-state index in [1.54, 1.807) is 0 Å². The summed E-state index contributed by atoms with van der Waals surface area (Å²) in [6, 6.07) is 7.95. The molecule has 0 spiro atoms. The van der Waals surface area contributed by atoms with Gasteiger partial charge in [-0.25, -0.2) is 0 Å². The van der Waals surface area contributed by atoms with Gasteiger partial charge in [-0.2, -0.15) is 0 Å². The molecule has 0 bridgehead atoms. The van der Waals surface area contributed by atoms with E-state index in [2.05, 4.69) is 31.3 Å². The highest BCUT2D eigenvalue weighted by atomic mass is 35.5. The molecule has 0 saturated heterocycles. The van der Waals surface area contributed by atoms with Crippen molar-refractivity contribution >= 4 is 11.6 Å². The van der Waals surface area contributed by atoms with Crippen LogP contribution in [-0.2, 0) is 5.41 Å². The van der Waals surface area contributed by atoms with Gasteiger partial charge in [-0.05, 0) is 17.7 Å². The summed E-state index contributed by atoms with van der Waals surface area (Å²) in [6.07, 6.45) is 0. The SMILES string of the molecule is CC(C)(CNCN)c1ccc(Cl)cc1. The molecule has 3 N–H and O–H groups in total. The summed E-state index contributed by atoms with van der Waals surface area (Å²) in [4.78, 5) is 0. The molecular formula is C11H17ClN2. The largest absolute Gasteiger partial charge is 0.318 e. The van der Waals surface area contributed by atoms with Gasteiger partial charge < -0.3 is 11.1 Å². The van der Waals surface area contributed by atoms with Crippen molar-refractivity contribution in [3.8, 4) is 0 Å². The maximum Gasteiger partial charge on any atom is 0.0429 e. The van der Waals surface area contributed by atoms with E-state index in [0.29, 0.717) is 6.67 Å². The second-order valence-corrected chi connectivity index (χ2v) is 4.46. The minimum atomic E-state index is 0.0873. The van der Waals surface area contributed by atoms with Crippen molar-refractivity contribution < 1.29 is 0 Å². The molecule has 3 heteroatoms. The van der Waals surface area contributed by atoms with Crippen molar-refractivity contribution in [2.75, 3.05) is 13.2 Å². The van der Waals surface area contributed by atoms with Crippen LogP contribution in [0, 0.1) is 0 Å². The predicted molar refractivity (Wildman–Crippen MR) is 61.5 cm³/mol. The number of benzene rings is 1. The van der Waals surface area contributed by atoms with Gasteiger partial charge in [0.1, 0.15) is 0 Å². The van der Waals surface area contributed by atoms with Gasteiger partial charge in [0.25, 0.3) is 0 Å². The first-order chi connectivity index (χ1) is 6.56. The third-order valence-corrected chi connectivity index (χ3v) is 2.59. The summed E-state index contributed by atoms with van der Waals surface area (Å²) in [6.45, 7) is 5.74. The lowest BCUT2D eigenvalue weighted by Crippen LogP contribution is -2.35. The quantitative estimate of drug-likeness (QED) is 0.751. The Bertz CT molecular complexity index is 280. The monoisotopic (exact) mass is 212 g/mol. The van der Waals surface area contributed by atoms with Gasteiger partial charge in [0.15, 0.2) is 0 Å². The zero-order chi connectivity index (χ0) is 10.6. The van der Waals surface area contributed by atoms with Crippen molar-refractivity contribution in [3.63, 3.8) is 0 Å². The van der Waals surface area contributed by atoms with Gasteiger partial charge in [-0.15, -0.1) is 0 Å². The van der Waals surface area contributed by atoms with E-state index >= 15 is 0 Å². The Morgan fingerprint density at radius 2 is 1.86 bits per heavy atom. The zero-order valence-corrected chi connectivity index (χ0v) is 9.43. The Labute approximate surface area is 90.4 Å². The van der Waals surface area contributed by atoms with E-state index in [4.69, 9.17) is 17.3 Å². The summed E-state index contributed by atoms with van der Waals surface area (Å²) in [5.74, 6) is 0. The minimum absolute atomic E-state index is 0.0873. The number of halogens is 1. The fraction of sp³-hybridized carbons (Fsp3) is 0.455. The molecule has 1 aromatic rings. The zero-order valence-electron chi connectivity index (χ0n) is 8.68. The fourth-order valence-electron chi connectivity index (χ4n) is 1.39. The number of hydrogen-bond acceptors (Lipinski definition) is 2. The van der Waals surface area contributed by atoms with Crippen LogP contribution in [0.2, 0.25) is 5.02 Å². The summed E-state index contributed by atoms with van der Waals surface area (Å²) in [7, 11) is 0. The van der Waals surface area contributed by atoms with E-state index in [9.17, 15) is 0 Å². The molecule has 0 saturated carbocycles. The van der Waals surface area contributed by atoms with Crippen LogP contribution < -0.4 is 11.1 Å². The standard InChI is InChI=1S/C11H17ClN2/c1-11(2,7-14-8-13)9-3-5-10(12)6-4-9/h3-6,14H,7-8,13H2,1-2H3. The molecule has 0 unspecified atom stereocenters. The third-order valence-electron chi connectivity index (χ3n) is 2.34. The normalized spacial score (nSPS) is 11.7. The summed E-state index contributed by atoms with van der Waals surface area (Å²) in [5, 5.41) is 3.92. The van der Waals surface area contributed by atoms with Crippen LogP contribution >= 0.6 is 11.6 Å². The number of rotatable bonds is 4. The summed E-state index contributed by atoms with van der Waals surface area (Å²) in [5.41, 5.74) is 6.76. The molecule has 1 rings (SSSR count). The first kappa shape index (κ1) is 11.5. The van der Waals surface area contributed by atoms with E-state index in [1.165, 1.54) is 5.56 Å². The van der Waals surface area contributed by atoms with Crippen molar-refractivity contribution in [1.82, 2.24) is 5.32 Å². The van der Waals surface area contributed by atoms with Crippen molar-refractivity contribution in [2.24, 2.45) is 5.73 Å². The molecule has 0 fully saturated rings. The number of nitrogens with two attached hydrogens (primary N) is 1. The molecule has 14 heavy (non-hydrogen) atoms. The van der Waals surface area contributed by atoms with E-state index in [1.807, 2.05) is 12.1 Å². The van der Waals surface area contributed by atoms with Gasteiger partial charge in [-0.3, -0.25) is 0 Å². The number of hydrogen-bond donors (Lipinski definition) is 2. The van der Waals surface area contributed by atoms with Gasteiger partial charge in [-0.1, -0.05) is 37.6 Å². The topological polar surface area (TPSA) is 38.0 Å². The van der Waals surface area contributed by atoms with Crippen molar-refractivity contribution in [2.45, 2.75) is 19.3 Å². The lowest BCUT2D eigenvalue weighted by Gasteiger charge is -2.25. The molecule has 1 aromatic carbocycles. The first-order valence-corrected chi connectivity index (χ1v) is 5.11. The molecule has 0 aliphatic heterocycles. The van der Waals surface area contributed by atoms with Crippen LogP contribution in [-0.4, -0.2) is 13.2 Å². The Balaban J connectivity index is 2.75. The Morgan fingerprint density at radius 1 is 1.29 bits per heavy atom. The smallest absolute Gasteiger partial charge is 0.0429 e. The van der Waals surface area contributed by atoms with Gasteiger partial charge in [0.2, 0.25) is 0 Å². The Hall–Kier alpha value is -0.570. The highest BCUT2D eigenvalue weighted by Gasteiger charge is 2.19. The van der Waals surface area contributed by atoms with Crippen LogP contribution in [0.1, 0.15) is 19.4 Å². The average molecular weight is 213 g/mol. The Kier molecular flexibility index (Phi) is 3.93. The first-order valence-electron chi connectivity index (χ1n) is 4.73. The molecule has 0 aromatic heterocycles. The van der Waals surface area contributed by atoms with Crippen molar-refractivity contribution in [3.05, 3.63) is 34.9 Å². The van der Waals surface area contributed by atoms with Crippen LogP contribution in [0.4, 0.5) is 0 Å². The maximum atomic E-state index is 5.83. The van der Waals surface area contributed by atoms with Crippen LogP contribution in [0.15, 0.2) is 24.3 Å². The molecule has 0 atom stereocenters.